The number of rotatable bonds is 7. The molecule has 0 fully saturated rings. The third-order valence-corrected chi connectivity index (χ3v) is 3.62. The number of sulfonamides is 1. The average Bonchev–Trinajstić information content (AvgIpc) is 2.64. The van der Waals surface area contributed by atoms with Crippen molar-refractivity contribution in [3.63, 3.8) is 0 Å². The van der Waals surface area contributed by atoms with E-state index in [9.17, 15) is 8.42 Å². The number of nitrogens with one attached hydrogen (secondary N) is 2. The molecule has 0 unspecified atom stereocenters. The minimum absolute atomic E-state index is 0.0536. The molecule has 0 bridgehead atoms. The fraction of sp³-hybridized carbons (Fsp3) is 0.727. The van der Waals surface area contributed by atoms with Crippen LogP contribution in [-0.4, -0.2) is 36.5 Å². The summed E-state index contributed by atoms with van der Waals surface area (Å²) in [5, 5.41) is 7.15. The van der Waals surface area contributed by atoms with E-state index in [4.69, 9.17) is 0 Å². The molecule has 18 heavy (non-hydrogen) atoms. The molecule has 0 spiro atoms. The van der Waals surface area contributed by atoms with Crippen LogP contribution in [0.3, 0.4) is 0 Å². The van der Waals surface area contributed by atoms with Gasteiger partial charge in [0.2, 0.25) is 10.0 Å². The molecule has 1 aromatic heterocycles. The monoisotopic (exact) mass is 274 g/mol. The maximum atomic E-state index is 11.8. The van der Waals surface area contributed by atoms with Crippen LogP contribution in [-0.2, 0) is 10.0 Å². The topological polar surface area (TPSA) is 76.0 Å². The predicted octanol–water partition coefficient (Wildman–Crippen LogP) is 1.20. The first-order chi connectivity index (χ1) is 8.30. The van der Waals surface area contributed by atoms with Crippen LogP contribution in [0.5, 0.6) is 0 Å². The Morgan fingerprint density at radius 3 is 2.50 bits per heavy atom. The SMILES string of the molecule is CC(C)NCCS(=O)(=O)Nc1cnn(C(C)C)c1. The molecule has 1 aromatic rings. The molecule has 1 heterocycles. The van der Waals surface area contributed by atoms with E-state index < -0.39 is 10.0 Å². The van der Waals surface area contributed by atoms with Crippen molar-refractivity contribution in [2.45, 2.75) is 39.8 Å². The van der Waals surface area contributed by atoms with Crippen molar-refractivity contribution in [3.05, 3.63) is 12.4 Å². The van der Waals surface area contributed by atoms with Crippen molar-refractivity contribution in [2.75, 3.05) is 17.0 Å². The molecular formula is C11H22N4O2S. The molecule has 2 N–H and O–H groups in total. The first-order valence-electron chi connectivity index (χ1n) is 6.08. The zero-order valence-electron chi connectivity index (χ0n) is 11.3. The first-order valence-corrected chi connectivity index (χ1v) is 7.73. The normalized spacial score (nSPS) is 12.3. The Bertz CT molecular complexity index is 465. The van der Waals surface area contributed by atoms with Crippen LogP contribution in [0.1, 0.15) is 33.7 Å². The highest BCUT2D eigenvalue weighted by molar-refractivity contribution is 7.92. The van der Waals surface area contributed by atoms with Crippen LogP contribution in [0.2, 0.25) is 0 Å². The lowest BCUT2D eigenvalue weighted by Crippen LogP contribution is -2.30. The highest BCUT2D eigenvalue weighted by atomic mass is 32.2. The van der Waals surface area contributed by atoms with E-state index in [-0.39, 0.29) is 17.8 Å². The highest BCUT2D eigenvalue weighted by Crippen LogP contribution is 2.11. The second kappa shape index (κ2) is 6.19. The van der Waals surface area contributed by atoms with Gasteiger partial charge in [0.15, 0.2) is 0 Å². The Balaban J connectivity index is 2.54. The molecule has 0 saturated carbocycles. The predicted molar refractivity (Wildman–Crippen MR) is 73.2 cm³/mol. The molecule has 0 radical (unpaired) electrons. The highest BCUT2D eigenvalue weighted by Gasteiger charge is 2.12. The summed E-state index contributed by atoms with van der Waals surface area (Å²) < 4.78 is 27.8. The Morgan fingerprint density at radius 1 is 1.33 bits per heavy atom. The van der Waals surface area contributed by atoms with Crippen LogP contribution in [0.4, 0.5) is 5.69 Å². The summed E-state index contributed by atoms with van der Waals surface area (Å²) in [5.41, 5.74) is 0.508. The van der Waals surface area contributed by atoms with Gasteiger partial charge in [-0.15, -0.1) is 0 Å². The van der Waals surface area contributed by atoms with Gasteiger partial charge in [0.1, 0.15) is 0 Å². The Hall–Kier alpha value is -1.08. The average molecular weight is 274 g/mol. The number of hydrogen-bond donors (Lipinski definition) is 2. The van der Waals surface area contributed by atoms with Crippen LogP contribution < -0.4 is 10.0 Å². The van der Waals surface area contributed by atoms with Gasteiger partial charge in [0.05, 0.1) is 17.6 Å². The van der Waals surface area contributed by atoms with Crippen LogP contribution in [0, 0.1) is 0 Å². The van der Waals surface area contributed by atoms with E-state index in [2.05, 4.69) is 15.1 Å². The van der Waals surface area contributed by atoms with Gasteiger partial charge in [0.25, 0.3) is 0 Å². The van der Waals surface area contributed by atoms with Gasteiger partial charge >= 0.3 is 0 Å². The lowest BCUT2D eigenvalue weighted by molar-refractivity contribution is 0.532. The lowest BCUT2D eigenvalue weighted by atomic mass is 10.4. The maximum absolute atomic E-state index is 11.8. The van der Waals surface area contributed by atoms with Crippen LogP contribution >= 0.6 is 0 Å². The summed E-state index contributed by atoms with van der Waals surface area (Å²) >= 11 is 0. The summed E-state index contributed by atoms with van der Waals surface area (Å²) in [6.07, 6.45) is 3.21. The van der Waals surface area contributed by atoms with Gasteiger partial charge in [-0.05, 0) is 13.8 Å². The number of hydrogen-bond acceptors (Lipinski definition) is 4. The van der Waals surface area contributed by atoms with E-state index in [1.807, 2.05) is 27.7 Å². The molecule has 0 atom stereocenters. The van der Waals surface area contributed by atoms with Crippen molar-refractivity contribution >= 4 is 15.7 Å². The van der Waals surface area contributed by atoms with Crippen molar-refractivity contribution in [3.8, 4) is 0 Å². The Kier molecular flexibility index (Phi) is 5.15. The Labute approximate surface area is 109 Å². The van der Waals surface area contributed by atoms with E-state index in [1.165, 1.54) is 6.20 Å². The molecular weight excluding hydrogens is 252 g/mol. The second-order valence-corrected chi connectivity index (χ2v) is 6.67. The summed E-state index contributed by atoms with van der Waals surface area (Å²) in [7, 11) is -3.31. The fourth-order valence-electron chi connectivity index (χ4n) is 1.39. The van der Waals surface area contributed by atoms with Gasteiger partial charge in [-0.1, -0.05) is 13.8 Å². The number of nitrogens with zero attached hydrogens (tertiary/aromatic N) is 2. The van der Waals surface area contributed by atoms with Gasteiger partial charge in [-0.2, -0.15) is 5.10 Å². The molecule has 0 aliphatic carbocycles. The molecule has 6 nitrogen and oxygen atoms in total. The molecule has 0 saturated heterocycles. The number of aromatic nitrogens is 2. The minimum Gasteiger partial charge on any atom is -0.313 e. The van der Waals surface area contributed by atoms with Crippen molar-refractivity contribution in [1.29, 1.82) is 0 Å². The van der Waals surface area contributed by atoms with Gasteiger partial charge in [0, 0.05) is 24.8 Å². The zero-order valence-corrected chi connectivity index (χ0v) is 12.2. The first kappa shape index (κ1) is 15.0. The summed E-state index contributed by atoms with van der Waals surface area (Å²) in [4.78, 5) is 0. The van der Waals surface area contributed by atoms with E-state index in [0.29, 0.717) is 12.2 Å². The van der Waals surface area contributed by atoms with Crippen molar-refractivity contribution in [2.24, 2.45) is 0 Å². The largest absolute Gasteiger partial charge is 0.313 e. The van der Waals surface area contributed by atoms with E-state index in [1.54, 1.807) is 10.9 Å². The van der Waals surface area contributed by atoms with Gasteiger partial charge in [-0.25, -0.2) is 8.42 Å². The second-order valence-electron chi connectivity index (χ2n) is 4.83. The zero-order chi connectivity index (χ0) is 13.8. The van der Waals surface area contributed by atoms with E-state index >= 15 is 0 Å². The molecule has 0 aliphatic heterocycles. The Morgan fingerprint density at radius 2 is 2.00 bits per heavy atom. The number of anilines is 1. The van der Waals surface area contributed by atoms with Crippen molar-refractivity contribution < 1.29 is 8.42 Å². The molecule has 0 aromatic carbocycles. The summed E-state index contributed by atoms with van der Waals surface area (Å²) in [6.45, 7) is 8.36. The smallest absolute Gasteiger partial charge is 0.234 e. The molecule has 0 amide bonds. The van der Waals surface area contributed by atoms with Crippen LogP contribution in [0.15, 0.2) is 12.4 Å². The lowest BCUT2D eigenvalue weighted by Gasteiger charge is -2.09. The fourth-order valence-corrected chi connectivity index (χ4v) is 2.34. The molecule has 0 aliphatic rings. The standard InChI is InChI=1S/C11H22N4O2S/c1-9(2)12-5-6-18(16,17)14-11-7-13-15(8-11)10(3)4/h7-10,12,14H,5-6H2,1-4H3. The van der Waals surface area contributed by atoms with Gasteiger partial charge in [-0.3, -0.25) is 9.40 Å². The summed E-state index contributed by atoms with van der Waals surface area (Å²) in [5.74, 6) is 0.0536. The van der Waals surface area contributed by atoms with Gasteiger partial charge < -0.3 is 5.32 Å². The minimum atomic E-state index is -3.31. The molecule has 104 valence electrons. The van der Waals surface area contributed by atoms with E-state index in [0.717, 1.165) is 0 Å². The maximum Gasteiger partial charge on any atom is 0.234 e. The molecule has 7 heteroatoms. The third kappa shape index (κ3) is 5.05. The third-order valence-electron chi connectivity index (χ3n) is 2.33. The summed E-state index contributed by atoms with van der Waals surface area (Å²) in [6, 6.07) is 0.495. The quantitative estimate of drug-likeness (QED) is 0.783. The molecule has 1 rings (SSSR count). The van der Waals surface area contributed by atoms with Crippen molar-refractivity contribution in [1.82, 2.24) is 15.1 Å². The van der Waals surface area contributed by atoms with Crippen LogP contribution in [0.25, 0.3) is 0 Å².